The number of rotatable bonds is 7. The first-order chi connectivity index (χ1) is 15.1. The molecule has 3 rings (SSSR count). The number of nitrogens with zero attached hydrogens (tertiary/aromatic N) is 1. The number of benzene rings is 2. The maximum absolute atomic E-state index is 12.9. The Kier molecular flexibility index (Phi) is 7.59. The van der Waals surface area contributed by atoms with E-state index in [-0.39, 0.29) is 16.2 Å². The summed E-state index contributed by atoms with van der Waals surface area (Å²) in [5, 5.41) is 2.81. The van der Waals surface area contributed by atoms with Crippen molar-refractivity contribution in [2.24, 2.45) is 0 Å². The molecule has 1 fully saturated rings. The van der Waals surface area contributed by atoms with E-state index in [1.54, 1.807) is 19.1 Å². The fraction of sp³-hybridized carbons (Fsp3) is 0.458. The second-order valence-electron chi connectivity index (χ2n) is 8.87. The Morgan fingerprint density at radius 2 is 1.75 bits per heavy atom. The van der Waals surface area contributed by atoms with Crippen LogP contribution in [0, 0.1) is 6.92 Å². The van der Waals surface area contributed by atoms with Crippen molar-refractivity contribution in [1.29, 1.82) is 0 Å². The van der Waals surface area contributed by atoms with Gasteiger partial charge in [-0.3, -0.25) is 4.79 Å². The van der Waals surface area contributed by atoms with Gasteiger partial charge in [-0.25, -0.2) is 8.42 Å². The summed E-state index contributed by atoms with van der Waals surface area (Å²) >= 11 is 0. The lowest BCUT2D eigenvalue weighted by atomic mass is 9.87. The maximum Gasteiger partial charge on any atom is 0.251 e. The summed E-state index contributed by atoms with van der Waals surface area (Å²) in [6, 6.07) is 12.6. The third-order valence-corrected chi connectivity index (χ3v) is 7.33. The number of hydrogen-bond donors (Lipinski definition) is 1. The number of sulfonamides is 1. The third kappa shape index (κ3) is 5.88. The van der Waals surface area contributed by atoms with Gasteiger partial charge < -0.3 is 14.8 Å². The van der Waals surface area contributed by atoms with Gasteiger partial charge in [0, 0.05) is 18.7 Å². The maximum atomic E-state index is 12.9. The van der Waals surface area contributed by atoms with Gasteiger partial charge in [-0.05, 0) is 47.7 Å². The standard InChI is InChI=1S/C24H32N2O5S/c1-18-5-10-21(32(28,29)26-12-15-30-16-13-26)17-22(18)23(27)25-11-14-31-20-8-6-19(7-9-20)24(2,3)4/h5-10,17H,11-16H2,1-4H3,(H,25,27). The van der Waals surface area contributed by atoms with Crippen LogP contribution in [0.2, 0.25) is 0 Å². The molecule has 0 unspecified atom stereocenters. The number of hydrogen-bond acceptors (Lipinski definition) is 5. The van der Waals surface area contributed by atoms with E-state index >= 15 is 0 Å². The van der Waals surface area contributed by atoms with Crippen molar-refractivity contribution >= 4 is 15.9 Å². The first-order valence-corrected chi connectivity index (χ1v) is 12.2. The Morgan fingerprint density at radius 3 is 2.38 bits per heavy atom. The predicted octanol–water partition coefficient (Wildman–Crippen LogP) is 3.12. The molecule has 2 aromatic carbocycles. The van der Waals surface area contributed by atoms with E-state index < -0.39 is 10.0 Å². The van der Waals surface area contributed by atoms with Gasteiger partial charge in [0.25, 0.3) is 5.91 Å². The Labute approximate surface area is 190 Å². The number of amides is 1. The molecule has 32 heavy (non-hydrogen) atoms. The van der Waals surface area contributed by atoms with Gasteiger partial charge >= 0.3 is 0 Å². The van der Waals surface area contributed by atoms with Crippen molar-refractivity contribution in [2.45, 2.75) is 38.0 Å². The van der Waals surface area contributed by atoms with Gasteiger partial charge in [-0.2, -0.15) is 4.31 Å². The summed E-state index contributed by atoms with van der Waals surface area (Å²) in [7, 11) is -3.66. The highest BCUT2D eigenvalue weighted by Crippen LogP contribution is 2.24. The molecule has 8 heteroatoms. The number of carbonyl (C=O) groups excluding carboxylic acids is 1. The minimum atomic E-state index is -3.66. The molecule has 0 bridgehead atoms. The average molecular weight is 461 g/mol. The summed E-state index contributed by atoms with van der Waals surface area (Å²) in [5.74, 6) is 0.412. The SMILES string of the molecule is Cc1ccc(S(=O)(=O)N2CCOCC2)cc1C(=O)NCCOc1ccc(C(C)(C)C)cc1. The largest absolute Gasteiger partial charge is 0.492 e. The van der Waals surface area contributed by atoms with Crippen molar-refractivity contribution in [3.63, 3.8) is 0 Å². The number of nitrogens with one attached hydrogen (secondary N) is 1. The lowest BCUT2D eigenvalue weighted by Crippen LogP contribution is -2.40. The van der Waals surface area contributed by atoms with Crippen LogP contribution in [-0.2, 0) is 20.2 Å². The molecule has 1 aliphatic heterocycles. The molecule has 0 aliphatic carbocycles. The Morgan fingerprint density at radius 1 is 1.09 bits per heavy atom. The highest BCUT2D eigenvalue weighted by Gasteiger charge is 2.27. The first-order valence-electron chi connectivity index (χ1n) is 10.8. The van der Waals surface area contributed by atoms with Crippen molar-refractivity contribution in [3.8, 4) is 5.75 Å². The fourth-order valence-electron chi connectivity index (χ4n) is 3.42. The van der Waals surface area contributed by atoms with Gasteiger partial charge in [0.2, 0.25) is 10.0 Å². The normalized spacial score (nSPS) is 15.4. The molecule has 0 aromatic heterocycles. The fourth-order valence-corrected chi connectivity index (χ4v) is 4.86. The Bertz CT molecular complexity index is 1040. The lowest BCUT2D eigenvalue weighted by molar-refractivity contribution is 0.0730. The van der Waals surface area contributed by atoms with Gasteiger partial charge in [-0.15, -0.1) is 0 Å². The average Bonchev–Trinajstić information content (AvgIpc) is 2.77. The van der Waals surface area contributed by atoms with Crippen LogP contribution in [0.1, 0.15) is 42.3 Å². The van der Waals surface area contributed by atoms with E-state index in [1.165, 1.54) is 15.9 Å². The Balaban J connectivity index is 1.58. The van der Waals surface area contributed by atoms with Gasteiger partial charge in [0.15, 0.2) is 0 Å². The van der Waals surface area contributed by atoms with Gasteiger partial charge in [0.1, 0.15) is 12.4 Å². The van der Waals surface area contributed by atoms with Crippen molar-refractivity contribution in [1.82, 2.24) is 9.62 Å². The van der Waals surface area contributed by atoms with Crippen molar-refractivity contribution < 1.29 is 22.7 Å². The summed E-state index contributed by atoms with van der Waals surface area (Å²) in [4.78, 5) is 12.8. The summed E-state index contributed by atoms with van der Waals surface area (Å²) in [5.41, 5.74) is 2.35. The molecule has 2 aromatic rings. The molecular formula is C24H32N2O5S. The molecule has 7 nitrogen and oxygen atoms in total. The molecule has 1 amide bonds. The molecule has 1 N–H and O–H groups in total. The van der Waals surface area contributed by atoms with Crippen molar-refractivity contribution in [2.75, 3.05) is 39.5 Å². The van der Waals surface area contributed by atoms with Crippen molar-refractivity contribution in [3.05, 3.63) is 59.2 Å². The van der Waals surface area contributed by atoms with Crippen LogP contribution in [0.15, 0.2) is 47.4 Å². The van der Waals surface area contributed by atoms with Crippen LogP contribution in [0.5, 0.6) is 5.75 Å². The number of carbonyl (C=O) groups is 1. The molecule has 1 heterocycles. The summed E-state index contributed by atoms with van der Waals surface area (Å²) < 4.78 is 38.1. The van der Waals surface area contributed by atoms with Crippen LogP contribution in [0.4, 0.5) is 0 Å². The highest BCUT2D eigenvalue weighted by atomic mass is 32.2. The van der Waals surface area contributed by atoms with Crippen LogP contribution in [0.25, 0.3) is 0 Å². The topological polar surface area (TPSA) is 84.9 Å². The van der Waals surface area contributed by atoms with E-state index in [2.05, 4.69) is 26.1 Å². The zero-order valence-corrected chi connectivity index (χ0v) is 20.0. The van der Waals surface area contributed by atoms with E-state index in [9.17, 15) is 13.2 Å². The molecule has 1 aliphatic rings. The zero-order valence-electron chi connectivity index (χ0n) is 19.2. The minimum Gasteiger partial charge on any atom is -0.492 e. The van der Waals surface area contributed by atoms with Gasteiger partial charge in [-0.1, -0.05) is 39.0 Å². The van der Waals surface area contributed by atoms with Crippen LogP contribution in [-0.4, -0.2) is 58.1 Å². The van der Waals surface area contributed by atoms with E-state index in [4.69, 9.17) is 9.47 Å². The second-order valence-corrected chi connectivity index (χ2v) is 10.8. The monoisotopic (exact) mass is 460 g/mol. The number of morpholine rings is 1. The molecule has 0 radical (unpaired) electrons. The molecule has 1 saturated heterocycles. The Hall–Kier alpha value is -2.42. The van der Waals surface area contributed by atoms with Crippen LogP contribution in [0.3, 0.4) is 0 Å². The second kappa shape index (κ2) is 10.0. The van der Waals surface area contributed by atoms with E-state index in [1.807, 2.05) is 24.3 Å². The molecule has 0 atom stereocenters. The molecule has 0 saturated carbocycles. The third-order valence-electron chi connectivity index (χ3n) is 5.44. The van der Waals surface area contributed by atoms with E-state index in [0.717, 1.165) is 5.75 Å². The number of ether oxygens (including phenoxy) is 2. The lowest BCUT2D eigenvalue weighted by Gasteiger charge is -2.26. The first kappa shape index (κ1) is 24.2. The molecule has 174 valence electrons. The quantitative estimate of drug-likeness (QED) is 0.642. The smallest absolute Gasteiger partial charge is 0.251 e. The minimum absolute atomic E-state index is 0.0775. The van der Waals surface area contributed by atoms with Crippen LogP contribution < -0.4 is 10.1 Å². The predicted molar refractivity (Wildman–Crippen MR) is 124 cm³/mol. The van der Waals surface area contributed by atoms with Crippen LogP contribution >= 0.6 is 0 Å². The molecular weight excluding hydrogens is 428 g/mol. The number of aryl methyl sites for hydroxylation is 1. The highest BCUT2D eigenvalue weighted by molar-refractivity contribution is 7.89. The van der Waals surface area contributed by atoms with Gasteiger partial charge in [0.05, 0.1) is 24.7 Å². The molecule has 0 spiro atoms. The summed E-state index contributed by atoms with van der Waals surface area (Å²) in [6.45, 7) is 10.2. The zero-order chi connectivity index (χ0) is 23.4. The summed E-state index contributed by atoms with van der Waals surface area (Å²) in [6.07, 6.45) is 0. The van der Waals surface area contributed by atoms with E-state index in [0.29, 0.717) is 50.6 Å².